The van der Waals surface area contributed by atoms with E-state index in [2.05, 4.69) is 10.1 Å². The molecule has 0 radical (unpaired) electrons. The second kappa shape index (κ2) is 8.90. The van der Waals surface area contributed by atoms with Gasteiger partial charge in [-0.05, 0) is 12.5 Å². The molecular formula is C18H14F5NO2S. The third-order valence-corrected chi connectivity index (χ3v) is 4.73. The maximum Gasteiger partial charge on any atom is 0.346 e. The van der Waals surface area contributed by atoms with Gasteiger partial charge in [-0.1, -0.05) is 42.1 Å². The molecule has 0 amide bonds. The number of benzene rings is 2. The van der Waals surface area contributed by atoms with Crippen LogP contribution in [0.4, 0.5) is 22.0 Å². The van der Waals surface area contributed by atoms with Crippen LogP contribution in [0.1, 0.15) is 12.5 Å². The van der Waals surface area contributed by atoms with Crippen LogP contribution >= 0.6 is 11.8 Å². The van der Waals surface area contributed by atoms with Gasteiger partial charge >= 0.3 is 5.97 Å². The summed E-state index contributed by atoms with van der Waals surface area (Å²) in [5, 5.41) is 2.87. The number of rotatable bonds is 6. The molecule has 0 saturated carbocycles. The first-order chi connectivity index (χ1) is 12.8. The third-order valence-electron chi connectivity index (χ3n) is 3.49. The number of nitrogens with one attached hydrogen (secondary N) is 1. The maximum atomic E-state index is 13.9. The van der Waals surface area contributed by atoms with Gasteiger partial charge in [-0.2, -0.15) is 0 Å². The van der Waals surface area contributed by atoms with E-state index < -0.39 is 40.0 Å². The van der Waals surface area contributed by atoms with Gasteiger partial charge in [-0.15, -0.1) is 0 Å². The van der Waals surface area contributed by atoms with Gasteiger partial charge in [-0.3, -0.25) is 0 Å². The molecule has 2 aromatic rings. The molecule has 0 aromatic heterocycles. The lowest BCUT2D eigenvalue weighted by molar-refractivity contribution is -0.135. The van der Waals surface area contributed by atoms with Crippen molar-refractivity contribution in [3.05, 3.63) is 75.6 Å². The first kappa shape index (κ1) is 20.8. The number of ether oxygens (including phenoxy) is 1. The summed E-state index contributed by atoms with van der Waals surface area (Å²) in [7, 11) is 1.03. The zero-order chi connectivity index (χ0) is 20.1. The van der Waals surface area contributed by atoms with Gasteiger partial charge in [0.2, 0.25) is 5.82 Å². The van der Waals surface area contributed by atoms with Crippen molar-refractivity contribution in [1.82, 2.24) is 5.32 Å². The van der Waals surface area contributed by atoms with E-state index in [1.54, 1.807) is 24.3 Å². The quantitative estimate of drug-likeness (QED) is 0.190. The molecule has 0 saturated heterocycles. The largest absolute Gasteiger partial charge is 0.465 e. The van der Waals surface area contributed by atoms with E-state index in [0.717, 1.165) is 12.7 Å². The number of hydrogen-bond acceptors (Lipinski definition) is 4. The Hall–Kier alpha value is -2.55. The molecule has 0 unspecified atom stereocenters. The van der Waals surface area contributed by atoms with Gasteiger partial charge in [0.25, 0.3) is 0 Å². The van der Waals surface area contributed by atoms with Crippen molar-refractivity contribution in [2.75, 3.05) is 7.11 Å². The fourth-order valence-electron chi connectivity index (χ4n) is 2.05. The lowest BCUT2D eigenvalue weighted by Gasteiger charge is -2.14. The number of allylic oxidation sites excluding steroid dienone is 1. The molecule has 144 valence electrons. The first-order valence-corrected chi connectivity index (χ1v) is 8.35. The molecule has 0 aliphatic carbocycles. The highest BCUT2D eigenvalue weighted by molar-refractivity contribution is 8.04. The van der Waals surface area contributed by atoms with E-state index in [-0.39, 0.29) is 28.9 Å². The number of carbonyl (C=O) groups excluding carboxylic acids is 1. The maximum absolute atomic E-state index is 13.9. The molecule has 2 aromatic carbocycles. The van der Waals surface area contributed by atoms with E-state index in [1.165, 1.54) is 6.92 Å². The van der Waals surface area contributed by atoms with Crippen molar-refractivity contribution in [2.45, 2.75) is 18.4 Å². The molecule has 27 heavy (non-hydrogen) atoms. The van der Waals surface area contributed by atoms with Gasteiger partial charge in [0.1, 0.15) is 4.91 Å². The van der Waals surface area contributed by atoms with Crippen LogP contribution in [0.3, 0.4) is 0 Å². The summed E-state index contributed by atoms with van der Waals surface area (Å²) in [6, 6.07) is 9.00. The minimum atomic E-state index is -2.27. The minimum absolute atomic E-state index is 0.101. The average Bonchev–Trinajstić information content (AvgIpc) is 2.69. The molecule has 0 fully saturated rings. The lowest BCUT2D eigenvalue weighted by atomic mass is 10.2. The molecule has 3 nitrogen and oxygen atoms in total. The molecule has 0 bridgehead atoms. The van der Waals surface area contributed by atoms with Gasteiger partial charge in [-0.25, -0.2) is 26.7 Å². The number of carbonyl (C=O) groups is 1. The van der Waals surface area contributed by atoms with Crippen LogP contribution in [-0.2, 0) is 16.1 Å². The fourth-order valence-corrected chi connectivity index (χ4v) is 3.01. The number of halogens is 5. The first-order valence-electron chi connectivity index (χ1n) is 7.54. The van der Waals surface area contributed by atoms with Crippen molar-refractivity contribution < 1.29 is 31.5 Å². The molecule has 0 heterocycles. The predicted molar refractivity (Wildman–Crippen MR) is 90.1 cm³/mol. The molecule has 2 rings (SSSR count). The topological polar surface area (TPSA) is 38.3 Å². The van der Waals surface area contributed by atoms with Crippen LogP contribution in [0.15, 0.2) is 45.8 Å². The van der Waals surface area contributed by atoms with Crippen LogP contribution < -0.4 is 5.32 Å². The van der Waals surface area contributed by atoms with E-state index in [4.69, 9.17) is 0 Å². The zero-order valence-corrected chi connectivity index (χ0v) is 15.0. The van der Waals surface area contributed by atoms with Crippen molar-refractivity contribution >= 4 is 17.7 Å². The summed E-state index contributed by atoms with van der Waals surface area (Å²) < 4.78 is 72.3. The number of esters is 1. The molecular weight excluding hydrogens is 389 g/mol. The van der Waals surface area contributed by atoms with E-state index in [1.807, 2.05) is 6.07 Å². The van der Waals surface area contributed by atoms with Gasteiger partial charge in [0.05, 0.1) is 12.0 Å². The van der Waals surface area contributed by atoms with Crippen LogP contribution in [0.5, 0.6) is 0 Å². The highest BCUT2D eigenvalue weighted by atomic mass is 32.2. The Kier molecular flexibility index (Phi) is 6.84. The summed E-state index contributed by atoms with van der Waals surface area (Å²) in [5.41, 5.74) is 1.00. The Morgan fingerprint density at radius 2 is 1.48 bits per heavy atom. The van der Waals surface area contributed by atoms with Gasteiger partial charge < -0.3 is 10.1 Å². The summed E-state index contributed by atoms with van der Waals surface area (Å²) in [6.45, 7) is 1.69. The standard InChI is InChI=1S/C18H14F5NO2S/c1-9(24-8-10-6-4-3-5-7-10)16(18(25)26-2)27-17-14(22)12(20)11(19)13(21)15(17)23/h3-7,24H,8H2,1-2H3/b16-9+. The average molecular weight is 403 g/mol. The summed E-state index contributed by atoms with van der Waals surface area (Å²) in [4.78, 5) is 10.5. The second-order valence-electron chi connectivity index (χ2n) is 5.29. The molecule has 0 aliphatic rings. The van der Waals surface area contributed by atoms with Crippen LogP contribution in [-0.4, -0.2) is 13.1 Å². The summed E-state index contributed by atoms with van der Waals surface area (Å²) >= 11 is 0.101. The number of methoxy groups -OCH3 is 1. The zero-order valence-electron chi connectivity index (χ0n) is 14.2. The predicted octanol–water partition coefficient (Wildman–Crippen LogP) is 4.67. The Morgan fingerprint density at radius 3 is 2.00 bits per heavy atom. The smallest absolute Gasteiger partial charge is 0.346 e. The molecule has 0 atom stereocenters. The minimum Gasteiger partial charge on any atom is -0.465 e. The Morgan fingerprint density at radius 1 is 0.963 bits per heavy atom. The Bertz CT molecular complexity index is 858. The molecule has 9 heteroatoms. The third kappa shape index (κ3) is 4.60. The summed E-state index contributed by atoms with van der Waals surface area (Å²) in [6.07, 6.45) is 0. The highest BCUT2D eigenvalue weighted by Crippen LogP contribution is 2.36. The molecule has 0 aliphatic heterocycles. The van der Waals surface area contributed by atoms with Crippen molar-refractivity contribution in [3.8, 4) is 0 Å². The monoisotopic (exact) mass is 403 g/mol. The Labute approximate surface area is 156 Å². The molecule has 1 N–H and O–H groups in total. The SMILES string of the molecule is COC(=O)/C(Sc1c(F)c(F)c(F)c(F)c1F)=C(/C)NCc1ccccc1. The van der Waals surface area contributed by atoms with E-state index >= 15 is 0 Å². The van der Waals surface area contributed by atoms with Gasteiger partial charge in [0, 0.05) is 12.2 Å². The number of thioether (sulfide) groups is 1. The lowest BCUT2D eigenvalue weighted by Crippen LogP contribution is -2.16. The molecule has 0 spiro atoms. The van der Waals surface area contributed by atoms with Crippen molar-refractivity contribution in [2.24, 2.45) is 0 Å². The van der Waals surface area contributed by atoms with Crippen molar-refractivity contribution in [1.29, 1.82) is 0 Å². The van der Waals surface area contributed by atoms with E-state index in [0.29, 0.717) is 0 Å². The van der Waals surface area contributed by atoms with Crippen molar-refractivity contribution in [3.63, 3.8) is 0 Å². The second-order valence-corrected chi connectivity index (χ2v) is 6.31. The van der Waals surface area contributed by atoms with Crippen LogP contribution in [0, 0.1) is 29.1 Å². The van der Waals surface area contributed by atoms with Crippen LogP contribution in [0.2, 0.25) is 0 Å². The fraction of sp³-hybridized carbons (Fsp3) is 0.167. The van der Waals surface area contributed by atoms with Gasteiger partial charge in [0.15, 0.2) is 23.3 Å². The normalized spacial score (nSPS) is 11.8. The van der Waals surface area contributed by atoms with E-state index in [9.17, 15) is 26.7 Å². The van der Waals surface area contributed by atoms with Crippen LogP contribution in [0.25, 0.3) is 0 Å². The summed E-state index contributed by atoms with van der Waals surface area (Å²) in [5.74, 6) is -11.5. The number of hydrogen-bond donors (Lipinski definition) is 1. The Balaban J connectivity index is 2.39. The highest BCUT2D eigenvalue weighted by Gasteiger charge is 2.29.